The SMILES string of the molecule is Cc1cccc(C(=O)N(CC2=CCC(N3CCCCC3)=N2)c2ccccc2C(C)C)c1. The second-order valence-corrected chi connectivity index (χ2v) is 8.95. The van der Waals surface area contributed by atoms with Gasteiger partial charge in [-0.05, 0) is 55.9 Å². The Morgan fingerprint density at radius 1 is 1.06 bits per heavy atom. The van der Waals surface area contributed by atoms with Crippen molar-refractivity contribution in [1.82, 2.24) is 4.90 Å². The van der Waals surface area contributed by atoms with Crippen LogP contribution in [0.25, 0.3) is 0 Å². The van der Waals surface area contributed by atoms with E-state index in [2.05, 4.69) is 43.0 Å². The monoisotopic (exact) mass is 415 g/mol. The van der Waals surface area contributed by atoms with Crippen LogP contribution in [0.4, 0.5) is 5.69 Å². The zero-order valence-electron chi connectivity index (χ0n) is 19.0. The number of hydrogen-bond donors (Lipinski definition) is 0. The predicted octanol–water partition coefficient (Wildman–Crippen LogP) is 5.94. The van der Waals surface area contributed by atoms with Gasteiger partial charge in [-0.3, -0.25) is 4.79 Å². The van der Waals surface area contributed by atoms with Gasteiger partial charge in [0.25, 0.3) is 5.91 Å². The maximum absolute atomic E-state index is 13.7. The molecule has 2 aliphatic rings. The molecule has 0 saturated carbocycles. The molecule has 4 nitrogen and oxygen atoms in total. The number of nitrogens with zero attached hydrogens (tertiary/aromatic N) is 3. The van der Waals surface area contributed by atoms with E-state index < -0.39 is 0 Å². The van der Waals surface area contributed by atoms with Gasteiger partial charge in [-0.15, -0.1) is 0 Å². The topological polar surface area (TPSA) is 35.9 Å². The number of para-hydroxylation sites is 1. The highest BCUT2D eigenvalue weighted by Gasteiger charge is 2.25. The summed E-state index contributed by atoms with van der Waals surface area (Å²) in [5.74, 6) is 1.52. The summed E-state index contributed by atoms with van der Waals surface area (Å²) in [6, 6.07) is 16.1. The summed E-state index contributed by atoms with van der Waals surface area (Å²) in [4.78, 5) is 23.0. The van der Waals surface area contributed by atoms with Gasteiger partial charge in [0, 0.05) is 30.8 Å². The summed E-state index contributed by atoms with van der Waals surface area (Å²) in [6.45, 7) is 9.07. The van der Waals surface area contributed by atoms with Crippen LogP contribution in [0.5, 0.6) is 0 Å². The average Bonchev–Trinajstić information content (AvgIpc) is 3.26. The molecule has 4 rings (SSSR count). The molecule has 4 heteroatoms. The number of carbonyl (C=O) groups is 1. The van der Waals surface area contributed by atoms with Crippen molar-refractivity contribution >= 4 is 17.4 Å². The molecule has 2 aromatic rings. The summed E-state index contributed by atoms with van der Waals surface area (Å²) in [5.41, 5.74) is 4.96. The third kappa shape index (κ3) is 4.90. The molecular formula is C27H33N3O. The third-order valence-corrected chi connectivity index (χ3v) is 6.19. The maximum atomic E-state index is 13.7. The summed E-state index contributed by atoms with van der Waals surface area (Å²) >= 11 is 0. The molecule has 162 valence electrons. The summed E-state index contributed by atoms with van der Waals surface area (Å²) < 4.78 is 0. The van der Waals surface area contributed by atoms with Crippen molar-refractivity contribution in [2.24, 2.45) is 4.99 Å². The van der Waals surface area contributed by atoms with Crippen LogP contribution >= 0.6 is 0 Å². The van der Waals surface area contributed by atoms with Crippen molar-refractivity contribution in [2.75, 3.05) is 24.5 Å². The van der Waals surface area contributed by atoms with Crippen LogP contribution < -0.4 is 4.90 Å². The van der Waals surface area contributed by atoms with Crippen molar-refractivity contribution in [1.29, 1.82) is 0 Å². The second kappa shape index (κ2) is 9.51. The number of rotatable bonds is 5. The number of piperidine rings is 1. The van der Waals surface area contributed by atoms with Crippen molar-refractivity contribution in [3.05, 3.63) is 77.0 Å². The zero-order valence-corrected chi connectivity index (χ0v) is 19.0. The van der Waals surface area contributed by atoms with Crippen molar-refractivity contribution in [3.8, 4) is 0 Å². The molecule has 2 aliphatic heterocycles. The molecule has 0 bridgehead atoms. The number of aliphatic imine (C=N–C) groups is 1. The average molecular weight is 416 g/mol. The molecular weight excluding hydrogens is 382 g/mol. The molecule has 2 aromatic carbocycles. The first kappa shape index (κ1) is 21.4. The summed E-state index contributed by atoms with van der Waals surface area (Å²) in [5, 5.41) is 0. The van der Waals surface area contributed by atoms with Crippen molar-refractivity contribution < 1.29 is 4.79 Å². The van der Waals surface area contributed by atoms with Crippen LogP contribution in [0.3, 0.4) is 0 Å². The van der Waals surface area contributed by atoms with Gasteiger partial charge in [0.2, 0.25) is 0 Å². The molecule has 0 aromatic heterocycles. The van der Waals surface area contributed by atoms with Gasteiger partial charge < -0.3 is 9.80 Å². The van der Waals surface area contributed by atoms with E-state index in [1.165, 1.54) is 24.8 Å². The number of amides is 1. The predicted molar refractivity (Wildman–Crippen MR) is 129 cm³/mol. The molecule has 31 heavy (non-hydrogen) atoms. The fourth-order valence-corrected chi connectivity index (χ4v) is 4.50. The first-order chi connectivity index (χ1) is 15.0. The number of aryl methyl sites for hydroxylation is 1. The Bertz CT molecular complexity index is 999. The van der Waals surface area contributed by atoms with Crippen LogP contribution in [0.15, 0.2) is 65.3 Å². The number of likely N-dealkylation sites (tertiary alicyclic amines) is 1. The summed E-state index contributed by atoms with van der Waals surface area (Å²) in [7, 11) is 0. The summed E-state index contributed by atoms with van der Waals surface area (Å²) in [6.07, 6.45) is 6.86. The van der Waals surface area contributed by atoms with Gasteiger partial charge in [0.15, 0.2) is 0 Å². The third-order valence-electron chi connectivity index (χ3n) is 6.19. The highest BCUT2D eigenvalue weighted by atomic mass is 16.2. The molecule has 1 saturated heterocycles. The largest absolute Gasteiger partial charge is 0.360 e. The van der Waals surface area contributed by atoms with Crippen molar-refractivity contribution in [3.63, 3.8) is 0 Å². The fraction of sp³-hybridized carbons (Fsp3) is 0.407. The molecule has 0 unspecified atom stereocenters. The number of benzene rings is 2. The zero-order chi connectivity index (χ0) is 21.8. The van der Waals surface area contributed by atoms with E-state index in [-0.39, 0.29) is 5.91 Å². The Labute approximate surface area is 186 Å². The lowest BCUT2D eigenvalue weighted by Crippen LogP contribution is -2.35. The highest BCUT2D eigenvalue weighted by molar-refractivity contribution is 6.07. The molecule has 0 spiro atoms. The lowest BCUT2D eigenvalue weighted by molar-refractivity contribution is 0.0988. The van der Waals surface area contributed by atoms with E-state index >= 15 is 0 Å². The van der Waals surface area contributed by atoms with Gasteiger partial charge in [-0.2, -0.15) is 0 Å². The molecule has 1 fully saturated rings. The van der Waals surface area contributed by atoms with Gasteiger partial charge in [0.1, 0.15) is 5.84 Å². The minimum absolute atomic E-state index is 0.0272. The smallest absolute Gasteiger partial charge is 0.258 e. The van der Waals surface area contributed by atoms with Crippen LogP contribution in [0.2, 0.25) is 0 Å². The minimum atomic E-state index is 0.0272. The second-order valence-electron chi connectivity index (χ2n) is 8.95. The van der Waals surface area contributed by atoms with Crippen LogP contribution in [0.1, 0.15) is 66.9 Å². The lowest BCUT2D eigenvalue weighted by Gasteiger charge is -2.29. The minimum Gasteiger partial charge on any atom is -0.360 e. The van der Waals surface area contributed by atoms with Crippen molar-refractivity contribution in [2.45, 2.75) is 52.4 Å². The Hall–Kier alpha value is -2.88. The fourth-order valence-electron chi connectivity index (χ4n) is 4.50. The first-order valence-corrected chi connectivity index (χ1v) is 11.5. The van der Waals surface area contributed by atoms with E-state index in [0.29, 0.717) is 12.5 Å². The van der Waals surface area contributed by atoms with E-state index in [1.54, 1.807) is 0 Å². The van der Waals surface area contributed by atoms with Gasteiger partial charge >= 0.3 is 0 Å². The quantitative estimate of drug-likeness (QED) is 0.606. The highest BCUT2D eigenvalue weighted by Crippen LogP contribution is 2.30. The Kier molecular flexibility index (Phi) is 6.55. The van der Waals surface area contributed by atoms with Gasteiger partial charge in [-0.1, -0.05) is 55.8 Å². The number of anilines is 1. The van der Waals surface area contributed by atoms with E-state index in [0.717, 1.165) is 47.9 Å². The first-order valence-electron chi connectivity index (χ1n) is 11.5. The number of hydrogen-bond acceptors (Lipinski definition) is 3. The lowest BCUT2D eigenvalue weighted by atomic mass is 9.99. The van der Waals surface area contributed by atoms with Gasteiger partial charge in [-0.25, -0.2) is 4.99 Å². The normalized spacial score (nSPS) is 16.3. The standard InChI is InChI=1S/C27H33N3O/c1-20(2)24-12-5-6-13-25(24)30(27(31)22-11-9-10-21(3)18-22)19-23-14-15-26(28-23)29-16-7-4-8-17-29/h5-6,9-14,18,20H,4,7-8,15-17,19H2,1-3H3. The maximum Gasteiger partial charge on any atom is 0.258 e. The molecule has 0 atom stereocenters. The molecule has 0 N–H and O–H groups in total. The molecule has 1 amide bonds. The van der Waals surface area contributed by atoms with E-state index in [4.69, 9.17) is 4.99 Å². The number of amidine groups is 1. The molecule has 0 radical (unpaired) electrons. The van der Waals surface area contributed by atoms with Crippen LogP contribution in [-0.4, -0.2) is 36.3 Å². The van der Waals surface area contributed by atoms with E-state index in [1.807, 2.05) is 42.2 Å². The molecule has 2 heterocycles. The Balaban J connectivity index is 1.65. The Morgan fingerprint density at radius 2 is 1.84 bits per heavy atom. The van der Waals surface area contributed by atoms with Gasteiger partial charge in [0.05, 0.1) is 12.2 Å². The van der Waals surface area contributed by atoms with Crippen LogP contribution in [-0.2, 0) is 0 Å². The molecule has 0 aliphatic carbocycles. The van der Waals surface area contributed by atoms with E-state index in [9.17, 15) is 4.79 Å². The number of carbonyl (C=O) groups excluding carboxylic acids is 1. The van der Waals surface area contributed by atoms with Crippen LogP contribution in [0, 0.1) is 6.92 Å². The Morgan fingerprint density at radius 3 is 2.58 bits per heavy atom.